The number of thiophene rings is 1. The summed E-state index contributed by atoms with van der Waals surface area (Å²) in [6, 6.07) is 1.86. The Morgan fingerprint density at radius 1 is 1.28 bits per heavy atom. The maximum atomic E-state index is 12.2. The van der Waals surface area contributed by atoms with Gasteiger partial charge in [-0.25, -0.2) is 0 Å². The van der Waals surface area contributed by atoms with Gasteiger partial charge in [-0.2, -0.15) is 5.06 Å². The van der Waals surface area contributed by atoms with Crippen LogP contribution in [0.4, 0.5) is 0 Å². The molecule has 0 bridgehead atoms. The predicted molar refractivity (Wildman–Crippen MR) is 65.7 cm³/mol. The van der Waals surface area contributed by atoms with Crippen molar-refractivity contribution in [3.8, 4) is 0 Å². The van der Waals surface area contributed by atoms with Crippen LogP contribution >= 0.6 is 11.3 Å². The van der Waals surface area contributed by atoms with Crippen LogP contribution in [0.25, 0.3) is 0 Å². The van der Waals surface area contributed by atoms with Crippen LogP contribution in [0, 0.1) is 12.8 Å². The van der Waals surface area contributed by atoms with Crippen molar-refractivity contribution in [3.63, 3.8) is 0 Å². The molecule has 0 saturated carbocycles. The normalized spacial score (nSPS) is 32.4. The fraction of sp³-hybridized carbons (Fsp3) is 0.500. The van der Waals surface area contributed by atoms with Gasteiger partial charge in [0, 0.05) is 19.0 Å². The van der Waals surface area contributed by atoms with E-state index in [1.807, 2.05) is 18.4 Å². The summed E-state index contributed by atoms with van der Waals surface area (Å²) >= 11 is 1.60. The number of imide groups is 1. The zero-order valence-electron chi connectivity index (χ0n) is 10.4. The van der Waals surface area contributed by atoms with Crippen LogP contribution in [0.5, 0.6) is 0 Å². The quantitative estimate of drug-likeness (QED) is 0.710. The molecular formula is C12H14N2O3S. The molecule has 0 aromatic carbocycles. The number of rotatable bonds is 1. The van der Waals surface area contributed by atoms with Gasteiger partial charge in [0.15, 0.2) is 6.10 Å². The molecule has 0 N–H and O–H groups in total. The van der Waals surface area contributed by atoms with Crippen molar-refractivity contribution in [2.24, 2.45) is 5.92 Å². The Kier molecular flexibility index (Phi) is 2.55. The number of likely N-dealkylation sites (tertiary alicyclic amines) is 1. The second-order valence-corrected chi connectivity index (χ2v) is 5.69. The molecule has 96 valence electrons. The number of fused-ring (bicyclic) bond motifs is 1. The number of nitrogens with zero attached hydrogens (tertiary/aromatic N) is 2. The molecule has 2 amide bonds. The Balaban J connectivity index is 2.04. The van der Waals surface area contributed by atoms with Crippen LogP contribution in [0.3, 0.4) is 0 Å². The molecule has 2 aliphatic heterocycles. The number of amides is 2. The molecular weight excluding hydrogens is 252 g/mol. The number of likely N-dealkylation sites (N-methyl/N-ethyl adjacent to an activating group) is 1. The first-order valence-electron chi connectivity index (χ1n) is 5.77. The van der Waals surface area contributed by atoms with Gasteiger partial charge in [-0.05, 0) is 23.9 Å². The lowest BCUT2D eigenvalue weighted by Gasteiger charge is -2.22. The van der Waals surface area contributed by atoms with E-state index >= 15 is 0 Å². The molecule has 1 aromatic rings. The monoisotopic (exact) mass is 266 g/mol. The van der Waals surface area contributed by atoms with Crippen LogP contribution in [-0.4, -0.2) is 42.0 Å². The standard InChI is InChI=1S/C12H14N2O3S/c1-6-4-5-18-10(6)8-7-9(17-14(8)3)12(16)13(2)11(7)15/h4-5,7-9H,1-3H3/t7-,8-,9+/m1/s1. The van der Waals surface area contributed by atoms with Gasteiger partial charge in [-0.3, -0.25) is 19.3 Å². The number of carbonyl (C=O) groups excluding carboxylic acids is 2. The number of hydroxylamine groups is 2. The summed E-state index contributed by atoms with van der Waals surface area (Å²) in [4.78, 5) is 31.9. The molecule has 2 saturated heterocycles. The molecule has 0 radical (unpaired) electrons. The van der Waals surface area contributed by atoms with Crippen LogP contribution in [-0.2, 0) is 14.4 Å². The van der Waals surface area contributed by atoms with E-state index in [0.29, 0.717) is 0 Å². The average molecular weight is 266 g/mol. The lowest BCUT2D eigenvalue weighted by atomic mass is 9.94. The topological polar surface area (TPSA) is 49.9 Å². The summed E-state index contributed by atoms with van der Waals surface area (Å²) in [5.41, 5.74) is 1.14. The van der Waals surface area contributed by atoms with E-state index in [4.69, 9.17) is 4.84 Å². The second-order valence-electron chi connectivity index (χ2n) is 4.75. The third-order valence-corrected chi connectivity index (χ3v) is 4.79. The Morgan fingerprint density at radius 2 is 2.00 bits per heavy atom. The molecule has 3 heterocycles. The van der Waals surface area contributed by atoms with Gasteiger partial charge in [0.05, 0.1) is 12.0 Å². The number of hydrogen-bond donors (Lipinski definition) is 0. The fourth-order valence-corrected chi connectivity index (χ4v) is 3.81. The highest BCUT2D eigenvalue weighted by molar-refractivity contribution is 7.10. The number of hydrogen-bond acceptors (Lipinski definition) is 5. The molecule has 5 nitrogen and oxygen atoms in total. The molecule has 0 unspecified atom stereocenters. The van der Waals surface area contributed by atoms with E-state index in [9.17, 15) is 9.59 Å². The van der Waals surface area contributed by atoms with Gasteiger partial charge in [0.1, 0.15) is 0 Å². The third-order valence-electron chi connectivity index (χ3n) is 3.70. The van der Waals surface area contributed by atoms with E-state index in [1.54, 1.807) is 23.4 Å². The summed E-state index contributed by atoms with van der Waals surface area (Å²) < 4.78 is 0. The summed E-state index contributed by atoms with van der Waals surface area (Å²) in [7, 11) is 3.30. The summed E-state index contributed by atoms with van der Waals surface area (Å²) in [5, 5.41) is 3.65. The predicted octanol–water partition coefficient (Wildman–Crippen LogP) is 0.958. The second kappa shape index (κ2) is 3.88. The highest BCUT2D eigenvalue weighted by atomic mass is 32.1. The SMILES string of the molecule is Cc1ccsc1[C@H]1[C@H]2C(=O)N(C)C(=O)[C@H]2ON1C. The zero-order valence-corrected chi connectivity index (χ0v) is 11.2. The van der Waals surface area contributed by atoms with Crippen molar-refractivity contribution in [2.45, 2.75) is 19.1 Å². The first-order chi connectivity index (χ1) is 8.52. The maximum absolute atomic E-state index is 12.2. The fourth-order valence-electron chi connectivity index (χ4n) is 2.70. The first kappa shape index (κ1) is 11.8. The molecule has 3 rings (SSSR count). The van der Waals surface area contributed by atoms with Crippen LogP contribution in [0.2, 0.25) is 0 Å². The van der Waals surface area contributed by atoms with Crippen molar-refractivity contribution in [3.05, 3.63) is 21.9 Å². The van der Waals surface area contributed by atoms with Gasteiger partial charge in [0.2, 0.25) is 5.91 Å². The van der Waals surface area contributed by atoms with Crippen molar-refractivity contribution in [1.82, 2.24) is 9.96 Å². The van der Waals surface area contributed by atoms with E-state index < -0.39 is 12.0 Å². The maximum Gasteiger partial charge on any atom is 0.261 e. The van der Waals surface area contributed by atoms with Gasteiger partial charge in [-0.1, -0.05) is 0 Å². The molecule has 18 heavy (non-hydrogen) atoms. The Bertz CT molecular complexity index is 527. The Morgan fingerprint density at radius 3 is 2.61 bits per heavy atom. The molecule has 0 aliphatic carbocycles. The highest BCUT2D eigenvalue weighted by Crippen LogP contribution is 2.45. The summed E-state index contributed by atoms with van der Waals surface area (Å²) in [6.07, 6.45) is -0.654. The van der Waals surface area contributed by atoms with Crippen molar-refractivity contribution < 1.29 is 14.4 Å². The van der Waals surface area contributed by atoms with Crippen molar-refractivity contribution in [1.29, 1.82) is 0 Å². The van der Waals surface area contributed by atoms with E-state index in [2.05, 4.69) is 0 Å². The minimum Gasteiger partial charge on any atom is -0.284 e. The smallest absolute Gasteiger partial charge is 0.261 e. The zero-order chi connectivity index (χ0) is 13.0. The Hall–Kier alpha value is -1.24. The summed E-state index contributed by atoms with van der Waals surface area (Å²) in [5.74, 6) is -0.800. The number of carbonyl (C=O) groups is 2. The average Bonchev–Trinajstić information content (AvgIpc) is 2.94. The summed E-state index contributed by atoms with van der Waals surface area (Å²) in [6.45, 7) is 2.01. The molecule has 6 heteroatoms. The first-order valence-corrected chi connectivity index (χ1v) is 6.65. The number of aryl methyl sites for hydroxylation is 1. The van der Waals surface area contributed by atoms with E-state index in [0.717, 1.165) is 10.4 Å². The molecule has 2 aliphatic rings. The van der Waals surface area contributed by atoms with E-state index in [1.165, 1.54) is 11.9 Å². The van der Waals surface area contributed by atoms with Crippen molar-refractivity contribution >= 4 is 23.2 Å². The highest BCUT2D eigenvalue weighted by Gasteiger charge is 2.58. The lowest BCUT2D eigenvalue weighted by molar-refractivity contribution is -0.168. The van der Waals surface area contributed by atoms with Gasteiger partial charge < -0.3 is 0 Å². The molecule has 0 spiro atoms. The molecule has 1 aromatic heterocycles. The van der Waals surface area contributed by atoms with Crippen LogP contribution < -0.4 is 0 Å². The van der Waals surface area contributed by atoms with Gasteiger partial charge >= 0.3 is 0 Å². The van der Waals surface area contributed by atoms with Crippen LogP contribution in [0.15, 0.2) is 11.4 Å². The van der Waals surface area contributed by atoms with E-state index in [-0.39, 0.29) is 17.9 Å². The third kappa shape index (κ3) is 1.39. The van der Waals surface area contributed by atoms with Gasteiger partial charge in [0.25, 0.3) is 5.91 Å². The minimum atomic E-state index is -0.654. The lowest BCUT2D eigenvalue weighted by Crippen LogP contribution is -2.33. The largest absolute Gasteiger partial charge is 0.284 e. The molecule has 2 fully saturated rings. The minimum absolute atomic E-state index is 0.146. The molecule has 3 atom stereocenters. The Labute approximate surface area is 109 Å². The van der Waals surface area contributed by atoms with Gasteiger partial charge in [-0.15, -0.1) is 11.3 Å². The van der Waals surface area contributed by atoms with Crippen molar-refractivity contribution in [2.75, 3.05) is 14.1 Å². The van der Waals surface area contributed by atoms with Crippen LogP contribution in [0.1, 0.15) is 16.5 Å².